The molecule has 1 aromatic heterocycles. The molecule has 0 N–H and O–H groups in total. The third-order valence-electron chi connectivity index (χ3n) is 2.81. The van der Waals surface area contributed by atoms with Crippen LogP contribution in [-0.4, -0.2) is 24.2 Å². The SMILES string of the molecule is Cc1cc2c(C)cc(=O)oc2cc1OC(=S)N(C)C. The van der Waals surface area contributed by atoms with Crippen LogP contribution in [0, 0.1) is 13.8 Å². The number of ether oxygens (including phenoxy) is 1. The van der Waals surface area contributed by atoms with Crippen molar-refractivity contribution in [3.05, 3.63) is 39.7 Å². The molecule has 0 atom stereocenters. The van der Waals surface area contributed by atoms with Crippen LogP contribution >= 0.6 is 12.2 Å². The molecule has 1 aromatic carbocycles. The zero-order chi connectivity index (χ0) is 14.2. The van der Waals surface area contributed by atoms with E-state index >= 15 is 0 Å². The molecule has 19 heavy (non-hydrogen) atoms. The van der Waals surface area contributed by atoms with Crippen molar-refractivity contribution in [1.82, 2.24) is 4.90 Å². The summed E-state index contributed by atoms with van der Waals surface area (Å²) in [5.74, 6) is 0.597. The van der Waals surface area contributed by atoms with E-state index in [1.165, 1.54) is 6.07 Å². The predicted molar refractivity (Wildman–Crippen MR) is 78.9 cm³/mol. The number of nitrogens with zero attached hydrogens (tertiary/aromatic N) is 1. The fraction of sp³-hybridized carbons (Fsp3) is 0.286. The largest absolute Gasteiger partial charge is 0.431 e. The number of fused-ring (bicyclic) bond motifs is 1. The van der Waals surface area contributed by atoms with E-state index in [0.29, 0.717) is 16.5 Å². The Bertz CT molecular complexity index is 704. The minimum Gasteiger partial charge on any atom is -0.431 e. The maximum absolute atomic E-state index is 11.4. The molecule has 2 rings (SSSR count). The summed E-state index contributed by atoms with van der Waals surface area (Å²) in [7, 11) is 3.62. The Hall–Kier alpha value is -1.88. The first-order valence-corrected chi connectivity index (χ1v) is 6.23. The third kappa shape index (κ3) is 2.76. The lowest BCUT2D eigenvalue weighted by molar-refractivity contribution is 0.446. The van der Waals surface area contributed by atoms with Crippen LogP contribution in [0.3, 0.4) is 0 Å². The van der Waals surface area contributed by atoms with E-state index in [9.17, 15) is 4.79 Å². The van der Waals surface area contributed by atoms with Gasteiger partial charge in [-0.1, -0.05) is 0 Å². The highest BCUT2D eigenvalue weighted by molar-refractivity contribution is 7.80. The second-order valence-corrected chi connectivity index (χ2v) is 4.97. The minimum atomic E-state index is -0.366. The molecule has 5 heteroatoms. The number of benzene rings is 1. The minimum absolute atomic E-state index is 0.359. The van der Waals surface area contributed by atoms with Crippen LogP contribution in [0.15, 0.2) is 27.4 Å². The van der Waals surface area contributed by atoms with Crippen LogP contribution in [0.5, 0.6) is 5.75 Å². The van der Waals surface area contributed by atoms with Crippen LogP contribution in [0.4, 0.5) is 0 Å². The molecule has 4 nitrogen and oxygen atoms in total. The second kappa shape index (κ2) is 5.01. The van der Waals surface area contributed by atoms with Gasteiger partial charge in [-0.3, -0.25) is 0 Å². The molecule has 0 saturated carbocycles. The van der Waals surface area contributed by atoms with Gasteiger partial charge in [0.05, 0.1) is 0 Å². The number of hydrogen-bond donors (Lipinski definition) is 0. The number of rotatable bonds is 1. The topological polar surface area (TPSA) is 42.7 Å². The molecule has 0 aliphatic heterocycles. The van der Waals surface area contributed by atoms with E-state index in [2.05, 4.69) is 0 Å². The first-order chi connectivity index (χ1) is 8.88. The molecule has 0 aliphatic carbocycles. The summed E-state index contributed by atoms with van der Waals surface area (Å²) in [4.78, 5) is 13.1. The molecule has 1 heterocycles. The highest BCUT2D eigenvalue weighted by Gasteiger charge is 2.10. The lowest BCUT2D eigenvalue weighted by Gasteiger charge is -2.16. The molecule has 0 spiro atoms. The van der Waals surface area contributed by atoms with Gasteiger partial charge in [-0.25, -0.2) is 4.79 Å². The monoisotopic (exact) mass is 277 g/mol. The summed E-state index contributed by atoms with van der Waals surface area (Å²) >= 11 is 5.11. The van der Waals surface area contributed by atoms with Crippen molar-refractivity contribution in [2.75, 3.05) is 14.1 Å². The van der Waals surface area contributed by atoms with Crippen molar-refractivity contribution in [1.29, 1.82) is 0 Å². The Labute approximate surface area is 116 Å². The molecule has 0 amide bonds. The summed E-state index contributed by atoms with van der Waals surface area (Å²) in [6, 6.07) is 5.11. The van der Waals surface area contributed by atoms with Gasteiger partial charge in [0.25, 0.3) is 5.17 Å². The van der Waals surface area contributed by atoms with Crippen LogP contribution < -0.4 is 10.4 Å². The van der Waals surface area contributed by atoms with Crippen LogP contribution in [0.2, 0.25) is 0 Å². The van der Waals surface area contributed by atoms with Gasteiger partial charge in [0.15, 0.2) is 0 Å². The Balaban J connectivity index is 2.55. The van der Waals surface area contributed by atoms with Crippen LogP contribution in [0.25, 0.3) is 11.0 Å². The first kappa shape index (κ1) is 13.5. The fourth-order valence-corrected chi connectivity index (χ4v) is 1.84. The zero-order valence-electron chi connectivity index (χ0n) is 11.3. The van der Waals surface area contributed by atoms with Crippen molar-refractivity contribution >= 4 is 28.4 Å². The van der Waals surface area contributed by atoms with E-state index in [1.807, 2.05) is 34.0 Å². The van der Waals surface area contributed by atoms with E-state index in [-0.39, 0.29) is 5.63 Å². The van der Waals surface area contributed by atoms with Gasteiger partial charge in [0.1, 0.15) is 11.3 Å². The quantitative estimate of drug-likeness (QED) is 0.592. The summed E-state index contributed by atoms with van der Waals surface area (Å²) in [6.45, 7) is 3.81. The first-order valence-electron chi connectivity index (χ1n) is 5.82. The van der Waals surface area contributed by atoms with E-state index < -0.39 is 0 Å². The number of hydrogen-bond acceptors (Lipinski definition) is 4. The van der Waals surface area contributed by atoms with Gasteiger partial charge in [0.2, 0.25) is 0 Å². The van der Waals surface area contributed by atoms with Crippen molar-refractivity contribution in [3.8, 4) is 5.75 Å². The Morgan fingerprint density at radius 3 is 2.53 bits per heavy atom. The van der Waals surface area contributed by atoms with Crippen LogP contribution in [0.1, 0.15) is 11.1 Å². The molecule has 0 aliphatic rings. The summed E-state index contributed by atoms with van der Waals surface area (Å²) < 4.78 is 10.8. The predicted octanol–water partition coefficient (Wildman–Crippen LogP) is 2.64. The van der Waals surface area contributed by atoms with E-state index in [1.54, 1.807) is 11.0 Å². The average Bonchev–Trinajstić information content (AvgIpc) is 2.31. The third-order valence-corrected chi connectivity index (χ3v) is 3.26. The highest BCUT2D eigenvalue weighted by atomic mass is 32.1. The van der Waals surface area contributed by atoms with Gasteiger partial charge >= 0.3 is 5.63 Å². The molecular formula is C14H15NO3S. The van der Waals surface area contributed by atoms with Gasteiger partial charge in [0, 0.05) is 31.6 Å². The van der Waals surface area contributed by atoms with Gasteiger partial charge in [-0.05, 0) is 43.3 Å². The van der Waals surface area contributed by atoms with E-state index in [0.717, 1.165) is 16.5 Å². The molecular weight excluding hydrogens is 262 g/mol. The lowest BCUT2D eigenvalue weighted by Crippen LogP contribution is -2.25. The maximum atomic E-state index is 11.4. The van der Waals surface area contributed by atoms with Crippen molar-refractivity contribution < 1.29 is 9.15 Å². The lowest BCUT2D eigenvalue weighted by atomic mass is 10.1. The molecule has 0 saturated heterocycles. The maximum Gasteiger partial charge on any atom is 0.336 e. The molecule has 0 fully saturated rings. The Morgan fingerprint density at radius 1 is 1.21 bits per heavy atom. The average molecular weight is 277 g/mol. The molecule has 0 radical (unpaired) electrons. The standard InChI is InChI=1S/C14H15NO3S/c1-8-6-13(16)17-12-7-11(9(2)5-10(8)12)18-14(19)15(3)4/h5-7H,1-4H3. The molecule has 2 aromatic rings. The molecule has 0 bridgehead atoms. The van der Waals surface area contributed by atoms with Gasteiger partial charge in [-0.2, -0.15) is 0 Å². The van der Waals surface area contributed by atoms with E-state index in [4.69, 9.17) is 21.4 Å². The summed E-state index contributed by atoms with van der Waals surface area (Å²) in [6.07, 6.45) is 0. The van der Waals surface area contributed by atoms with Crippen molar-refractivity contribution in [3.63, 3.8) is 0 Å². The van der Waals surface area contributed by atoms with Crippen molar-refractivity contribution in [2.24, 2.45) is 0 Å². The summed E-state index contributed by atoms with van der Waals surface area (Å²) in [5, 5.41) is 1.26. The zero-order valence-corrected chi connectivity index (χ0v) is 12.1. The Morgan fingerprint density at radius 2 is 1.89 bits per heavy atom. The smallest absolute Gasteiger partial charge is 0.336 e. The molecule has 100 valence electrons. The van der Waals surface area contributed by atoms with Crippen molar-refractivity contribution in [2.45, 2.75) is 13.8 Å². The van der Waals surface area contributed by atoms with Crippen LogP contribution in [-0.2, 0) is 0 Å². The fourth-order valence-electron chi connectivity index (χ4n) is 1.75. The highest BCUT2D eigenvalue weighted by Crippen LogP contribution is 2.26. The number of aryl methyl sites for hydroxylation is 2. The van der Waals surface area contributed by atoms with Gasteiger partial charge in [-0.15, -0.1) is 0 Å². The molecule has 0 unspecified atom stereocenters. The van der Waals surface area contributed by atoms with Gasteiger partial charge < -0.3 is 14.1 Å². The summed E-state index contributed by atoms with van der Waals surface area (Å²) in [5.41, 5.74) is 1.96. The number of thiocarbonyl (C=S) groups is 1. The second-order valence-electron chi connectivity index (χ2n) is 4.62. The normalized spacial score (nSPS) is 10.5. The Kier molecular flexibility index (Phi) is 3.57.